The van der Waals surface area contributed by atoms with Crippen molar-refractivity contribution in [2.45, 2.75) is 33.6 Å². The molecule has 5 nitrogen and oxygen atoms in total. The van der Waals surface area contributed by atoms with E-state index < -0.39 is 0 Å². The zero-order valence-electron chi connectivity index (χ0n) is 14.3. The molecule has 5 heteroatoms. The maximum Gasteiger partial charge on any atom is 0.319 e. The summed E-state index contributed by atoms with van der Waals surface area (Å²) in [6.45, 7) is 7.70. The maximum absolute atomic E-state index is 12.0. The number of rotatable bonds is 11. The Kier molecular flexibility index (Phi) is 8.98. The molecule has 0 saturated carbocycles. The molecule has 1 aromatic carbocycles. The molecule has 1 N–H and O–H groups in total. The van der Waals surface area contributed by atoms with E-state index in [1.165, 1.54) is 0 Å². The number of nitrogens with one attached hydrogen (secondary N) is 1. The van der Waals surface area contributed by atoms with E-state index in [1.807, 2.05) is 12.1 Å². The summed E-state index contributed by atoms with van der Waals surface area (Å²) < 4.78 is 10.4. The van der Waals surface area contributed by atoms with Crippen molar-refractivity contribution in [2.75, 3.05) is 26.3 Å². The Morgan fingerprint density at radius 2 is 1.87 bits per heavy atom. The number of carbonyl (C=O) groups is 2. The molecule has 0 unspecified atom stereocenters. The van der Waals surface area contributed by atoms with E-state index in [2.05, 4.69) is 19.2 Å². The zero-order chi connectivity index (χ0) is 17.1. The first kappa shape index (κ1) is 19.2. The van der Waals surface area contributed by atoms with Crippen molar-refractivity contribution < 1.29 is 19.1 Å². The molecule has 0 radical (unpaired) electrons. The Labute approximate surface area is 138 Å². The van der Waals surface area contributed by atoms with Crippen LogP contribution < -0.4 is 10.1 Å². The molecule has 0 aliphatic carbocycles. The minimum absolute atomic E-state index is 0.0371. The molecule has 128 valence electrons. The Bertz CT molecular complexity index is 482. The van der Waals surface area contributed by atoms with Crippen LogP contribution in [0, 0.1) is 5.92 Å². The molecule has 0 aliphatic rings. The second-order valence-corrected chi connectivity index (χ2v) is 5.71. The number of ketones is 1. The Balaban J connectivity index is 2.29. The van der Waals surface area contributed by atoms with E-state index in [9.17, 15) is 9.59 Å². The van der Waals surface area contributed by atoms with E-state index in [0.717, 1.165) is 12.2 Å². The second-order valence-electron chi connectivity index (χ2n) is 5.71. The van der Waals surface area contributed by atoms with Crippen LogP contribution >= 0.6 is 0 Å². The third-order valence-electron chi connectivity index (χ3n) is 3.24. The van der Waals surface area contributed by atoms with Gasteiger partial charge in [0.25, 0.3) is 0 Å². The lowest BCUT2D eigenvalue weighted by molar-refractivity contribution is -0.141. The minimum Gasteiger partial charge on any atom is -0.494 e. The van der Waals surface area contributed by atoms with Crippen molar-refractivity contribution >= 4 is 11.8 Å². The lowest BCUT2D eigenvalue weighted by Gasteiger charge is -2.08. The fraction of sp³-hybridized carbons (Fsp3) is 0.556. The van der Waals surface area contributed by atoms with Gasteiger partial charge in [-0.2, -0.15) is 0 Å². The third kappa shape index (κ3) is 8.35. The number of hydrogen-bond acceptors (Lipinski definition) is 5. The van der Waals surface area contributed by atoms with Gasteiger partial charge in [-0.1, -0.05) is 13.8 Å². The van der Waals surface area contributed by atoms with Gasteiger partial charge in [0.05, 0.1) is 19.8 Å². The van der Waals surface area contributed by atoms with Crippen LogP contribution in [-0.2, 0) is 9.53 Å². The molecular weight excluding hydrogens is 294 g/mol. The number of esters is 1. The second kappa shape index (κ2) is 10.8. The zero-order valence-corrected chi connectivity index (χ0v) is 14.3. The van der Waals surface area contributed by atoms with Crippen LogP contribution in [0.25, 0.3) is 0 Å². The van der Waals surface area contributed by atoms with E-state index in [0.29, 0.717) is 37.7 Å². The number of Topliss-reactive ketones (excluding diaryl/α,β-unsaturated/α-hetero) is 1. The van der Waals surface area contributed by atoms with Gasteiger partial charge in [0.2, 0.25) is 0 Å². The maximum atomic E-state index is 12.0. The summed E-state index contributed by atoms with van der Waals surface area (Å²) in [4.78, 5) is 23.2. The smallest absolute Gasteiger partial charge is 0.319 e. The van der Waals surface area contributed by atoms with Gasteiger partial charge in [0, 0.05) is 18.5 Å². The Morgan fingerprint density at radius 1 is 1.17 bits per heavy atom. The van der Waals surface area contributed by atoms with Gasteiger partial charge in [-0.3, -0.25) is 9.59 Å². The van der Waals surface area contributed by atoms with Crippen molar-refractivity contribution in [2.24, 2.45) is 5.92 Å². The summed E-state index contributed by atoms with van der Waals surface area (Å²) in [6.07, 6.45) is 1.35. The molecule has 0 aromatic heterocycles. The van der Waals surface area contributed by atoms with Gasteiger partial charge in [0.15, 0.2) is 5.78 Å². The van der Waals surface area contributed by atoms with Gasteiger partial charge < -0.3 is 14.8 Å². The fourth-order valence-corrected chi connectivity index (χ4v) is 1.90. The number of hydrogen-bond donors (Lipinski definition) is 1. The average molecular weight is 321 g/mol. The van der Waals surface area contributed by atoms with Crippen LogP contribution in [0.1, 0.15) is 44.0 Å². The van der Waals surface area contributed by atoms with Crippen molar-refractivity contribution in [1.82, 2.24) is 5.32 Å². The number of ether oxygens (including phenoxy) is 2. The molecule has 0 spiro atoms. The predicted octanol–water partition coefficient (Wildman–Crippen LogP) is 2.84. The quantitative estimate of drug-likeness (QED) is 0.386. The highest BCUT2D eigenvalue weighted by atomic mass is 16.5. The number of carbonyl (C=O) groups excluding carboxylic acids is 2. The Morgan fingerprint density at radius 3 is 2.48 bits per heavy atom. The van der Waals surface area contributed by atoms with Crippen LogP contribution in [0.3, 0.4) is 0 Å². The van der Waals surface area contributed by atoms with Gasteiger partial charge in [-0.05, 0) is 43.5 Å². The van der Waals surface area contributed by atoms with Gasteiger partial charge in [-0.25, -0.2) is 0 Å². The van der Waals surface area contributed by atoms with Crippen LogP contribution in [0.5, 0.6) is 5.75 Å². The van der Waals surface area contributed by atoms with E-state index in [1.54, 1.807) is 19.1 Å². The van der Waals surface area contributed by atoms with Crippen molar-refractivity contribution in [3.8, 4) is 5.75 Å². The van der Waals surface area contributed by atoms with Crippen LogP contribution in [0.2, 0.25) is 0 Å². The van der Waals surface area contributed by atoms with E-state index >= 15 is 0 Å². The van der Waals surface area contributed by atoms with Crippen LogP contribution in [0.15, 0.2) is 24.3 Å². The third-order valence-corrected chi connectivity index (χ3v) is 3.24. The van der Waals surface area contributed by atoms with Crippen molar-refractivity contribution in [3.63, 3.8) is 0 Å². The number of benzene rings is 1. The first-order valence-electron chi connectivity index (χ1n) is 8.15. The first-order valence-corrected chi connectivity index (χ1v) is 8.15. The lowest BCUT2D eigenvalue weighted by atomic mass is 10.1. The van der Waals surface area contributed by atoms with E-state index in [4.69, 9.17) is 9.47 Å². The molecule has 23 heavy (non-hydrogen) atoms. The summed E-state index contributed by atoms with van der Waals surface area (Å²) in [7, 11) is 0. The molecule has 0 aliphatic heterocycles. The predicted molar refractivity (Wildman–Crippen MR) is 89.8 cm³/mol. The summed E-state index contributed by atoms with van der Waals surface area (Å²) >= 11 is 0. The minimum atomic E-state index is -0.303. The highest BCUT2D eigenvalue weighted by Crippen LogP contribution is 2.14. The SMILES string of the molecule is CCOC(=O)CNCCC(=O)c1ccc(OCCC(C)C)cc1. The van der Waals surface area contributed by atoms with Crippen LogP contribution in [-0.4, -0.2) is 38.1 Å². The highest BCUT2D eigenvalue weighted by molar-refractivity contribution is 5.96. The summed E-state index contributed by atoms with van der Waals surface area (Å²) in [6, 6.07) is 7.19. The summed E-state index contributed by atoms with van der Waals surface area (Å²) in [5, 5.41) is 2.90. The molecule has 0 bridgehead atoms. The Hall–Kier alpha value is -1.88. The molecule has 0 atom stereocenters. The summed E-state index contributed by atoms with van der Waals surface area (Å²) in [5.74, 6) is 1.12. The lowest BCUT2D eigenvalue weighted by Crippen LogP contribution is -2.26. The standard InChI is InChI=1S/C18H27NO4/c1-4-22-18(21)13-19-11-9-17(20)15-5-7-16(8-6-15)23-12-10-14(2)3/h5-8,14,19H,4,9-13H2,1-3H3. The van der Waals surface area contributed by atoms with Gasteiger partial charge in [-0.15, -0.1) is 0 Å². The molecule has 0 fully saturated rings. The van der Waals surface area contributed by atoms with Crippen molar-refractivity contribution in [3.05, 3.63) is 29.8 Å². The average Bonchev–Trinajstić information content (AvgIpc) is 2.52. The summed E-state index contributed by atoms with van der Waals surface area (Å²) in [5.41, 5.74) is 0.652. The topological polar surface area (TPSA) is 64.6 Å². The van der Waals surface area contributed by atoms with Gasteiger partial charge in [0.1, 0.15) is 5.75 Å². The fourth-order valence-electron chi connectivity index (χ4n) is 1.90. The molecule has 0 heterocycles. The largest absolute Gasteiger partial charge is 0.494 e. The molecule has 0 amide bonds. The first-order chi connectivity index (χ1) is 11.0. The molecule has 1 aromatic rings. The van der Waals surface area contributed by atoms with Crippen molar-refractivity contribution in [1.29, 1.82) is 0 Å². The molecule has 1 rings (SSSR count). The normalized spacial score (nSPS) is 10.6. The van der Waals surface area contributed by atoms with E-state index in [-0.39, 0.29) is 18.3 Å². The van der Waals surface area contributed by atoms with Crippen LogP contribution in [0.4, 0.5) is 0 Å². The monoisotopic (exact) mass is 321 g/mol. The van der Waals surface area contributed by atoms with Gasteiger partial charge >= 0.3 is 5.97 Å². The molecule has 0 saturated heterocycles. The highest BCUT2D eigenvalue weighted by Gasteiger charge is 2.07. The molecular formula is C18H27NO4.